The lowest BCUT2D eigenvalue weighted by Gasteiger charge is -2.11. The third kappa shape index (κ3) is 3.69. The van der Waals surface area contributed by atoms with Crippen LogP contribution in [0.25, 0.3) is 17.4 Å². The molecule has 30 heavy (non-hydrogen) atoms. The normalized spacial score (nSPS) is 15.0. The summed E-state index contributed by atoms with van der Waals surface area (Å²) in [5.74, 6) is 0.658. The number of carbonyl (C=O) groups is 1. The van der Waals surface area contributed by atoms with Crippen LogP contribution in [0.5, 0.6) is 0 Å². The summed E-state index contributed by atoms with van der Waals surface area (Å²) in [5.41, 5.74) is 3.31. The lowest BCUT2D eigenvalue weighted by Crippen LogP contribution is -2.21. The molecule has 0 bridgehead atoms. The molecule has 2 heterocycles. The molecular weight excluding hydrogens is 450 g/mol. The van der Waals surface area contributed by atoms with E-state index in [1.54, 1.807) is 31.2 Å². The fourth-order valence-corrected chi connectivity index (χ4v) is 3.52. The fourth-order valence-electron chi connectivity index (χ4n) is 3.08. The molecule has 4 rings (SSSR count). The van der Waals surface area contributed by atoms with E-state index in [0.717, 1.165) is 5.56 Å². The van der Waals surface area contributed by atoms with Gasteiger partial charge >= 0.3 is 0 Å². The first-order chi connectivity index (χ1) is 14.3. The van der Waals surface area contributed by atoms with E-state index in [9.17, 15) is 14.9 Å². The van der Waals surface area contributed by atoms with Crippen LogP contribution in [0.2, 0.25) is 0 Å². The molecule has 3 aromatic rings. The Morgan fingerprint density at radius 2 is 1.83 bits per heavy atom. The van der Waals surface area contributed by atoms with Gasteiger partial charge in [0.15, 0.2) is 0 Å². The highest BCUT2D eigenvalue weighted by molar-refractivity contribution is 9.10. The van der Waals surface area contributed by atoms with Crippen molar-refractivity contribution in [3.8, 4) is 11.3 Å². The monoisotopic (exact) mass is 465 g/mol. The molecule has 7 nitrogen and oxygen atoms in total. The third-order valence-corrected chi connectivity index (χ3v) is 5.37. The molecule has 8 heteroatoms. The van der Waals surface area contributed by atoms with Crippen molar-refractivity contribution >= 4 is 45.0 Å². The molecule has 0 aliphatic carbocycles. The second-order valence-corrected chi connectivity index (χ2v) is 7.67. The number of halogens is 1. The van der Waals surface area contributed by atoms with Gasteiger partial charge in [-0.25, -0.2) is 0 Å². The van der Waals surface area contributed by atoms with Crippen LogP contribution in [0, 0.1) is 17.0 Å². The second-order valence-electron chi connectivity index (χ2n) is 6.82. The maximum Gasteiger partial charge on any atom is 0.280 e. The molecule has 0 N–H and O–H groups in total. The highest BCUT2D eigenvalue weighted by Gasteiger charge is 2.29. The molecule has 0 unspecified atom stereocenters. The maximum atomic E-state index is 12.9. The van der Waals surface area contributed by atoms with Crippen molar-refractivity contribution < 1.29 is 14.1 Å². The largest absolute Gasteiger partial charge is 0.457 e. The molecule has 0 spiro atoms. The molecule has 1 amide bonds. The molecule has 0 saturated heterocycles. The predicted molar refractivity (Wildman–Crippen MR) is 118 cm³/mol. The summed E-state index contributed by atoms with van der Waals surface area (Å²) >= 11 is 3.39. The van der Waals surface area contributed by atoms with Crippen LogP contribution < -0.4 is 5.01 Å². The predicted octanol–water partition coefficient (Wildman–Crippen LogP) is 5.73. The fraction of sp³-hybridized carbons (Fsp3) is 0.0909. The van der Waals surface area contributed by atoms with E-state index in [1.165, 1.54) is 17.1 Å². The summed E-state index contributed by atoms with van der Waals surface area (Å²) in [6.07, 6.45) is 1.63. The van der Waals surface area contributed by atoms with Gasteiger partial charge < -0.3 is 4.42 Å². The van der Waals surface area contributed by atoms with Gasteiger partial charge in [-0.05, 0) is 50.3 Å². The van der Waals surface area contributed by atoms with Crippen LogP contribution in [0.3, 0.4) is 0 Å². The Kier molecular flexibility index (Phi) is 5.09. The topological polar surface area (TPSA) is 89.0 Å². The average Bonchev–Trinajstić information content (AvgIpc) is 3.29. The highest BCUT2D eigenvalue weighted by Crippen LogP contribution is 2.34. The minimum Gasteiger partial charge on any atom is -0.457 e. The molecule has 0 saturated carbocycles. The highest BCUT2D eigenvalue weighted by atomic mass is 79.9. The van der Waals surface area contributed by atoms with Crippen LogP contribution in [-0.4, -0.2) is 16.5 Å². The van der Waals surface area contributed by atoms with Gasteiger partial charge in [0.25, 0.3) is 11.6 Å². The number of aryl methyl sites for hydroxylation is 1. The van der Waals surface area contributed by atoms with Crippen molar-refractivity contribution in [1.29, 1.82) is 0 Å². The summed E-state index contributed by atoms with van der Waals surface area (Å²) in [6, 6.07) is 15.4. The van der Waals surface area contributed by atoms with Gasteiger partial charge in [0.2, 0.25) is 0 Å². The Bertz CT molecular complexity index is 1230. The minimum atomic E-state index is -0.460. The zero-order chi connectivity index (χ0) is 21.4. The van der Waals surface area contributed by atoms with E-state index in [0.29, 0.717) is 38.5 Å². The number of amides is 1. The number of anilines is 1. The summed E-state index contributed by atoms with van der Waals surface area (Å²) in [4.78, 5) is 23.5. The number of nitrogens with zero attached hydrogens (tertiary/aromatic N) is 3. The van der Waals surface area contributed by atoms with Crippen LogP contribution >= 0.6 is 15.9 Å². The number of non-ortho nitro benzene ring substituents is 1. The zero-order valence-electron chi connectivity index (χ0n) is 16.1. The van der Waals surface area contributed by atoms with Crippen LogP contribution in [-0.2, 0) is 4.79 Å². The molecule has 1 aliphatic heterocycles. The van der Waals surface area contributed by atoms with E-state index < -0.39 is 4.92 Å². The molecule has 1 aliphatic rings. The van der Waals surface area contributed by atoms with Crippen LogP contribution in [0.4, 0.5) is 11.4 Å². The van der Waals surface area contributed by atoms with E-state index in [1.807, 2.05) is 31.2 Å². The number of hydrogen-bond acceptors (Lipinski definition) is 5. The number of hydrazone groups is 1. The van der Waals surface area contributed by atoms with Crippen molar-refractivity contribution in [2.75, 3.05) is 5.01 Å². The van der Waals surface area contributed by atoms with Crippen molar-refractivity contribution in [2.24, 2.45) is 5.10 Å². The Morgan fingerprint density at radius 3 is 2.53 bits per heavy atom. The van der Waals surface area contributed by atoms with Gasteiger partial charge in [0.1, 0.15) is 11.5 Å². The maximum absolute atomic E-state index is 12.9. The standard InChI is InChI=1S/C22H16BrN3O4/c1-13-3-5-15(6-4-13)25-22(27)18(14(2)24-25)12-17-8-10-21(30-17)19-11-16(26(28)29)7-9-20(19)23/h3-12H,1-2H3/b18-12-. The Morgan fingerprint density at radius 1 is 1.10 bits per heavy atom. The molecular formula is C22H16BrN3O4. The van der Waals surface area contributed by atoms with Crippen LogP contribution in [0.15, 0.2) is 74.2 Å². The van der Waals surface area contributed by atoms with E-state index >= 15 is 0 Å². The molecule has 0 atom stereocenters. The first kappa shape index (κ1) is 19.8. The number of benzene rings is 2. The number of rotatable bonds is 4. The number of hydrogen-bond donors (Lipinski definition) is 0. The van der Waals surface area contributed by atoms with Crippen molar-refractivity contribution in [3.63, 3.8) is 0 Å². The van der Waals surface area contributed by atoms with Gasteiger partial charge in [-0.3, -0.25) is 14.9 Å². The lowest BCUT2D eigenvalue weighted by molar-refractivity contribution is -0.384. The van der Waals surface area contributed by atoms with Crippen LogP contribution in [0.1, 0.15) is 18.2 Å². The molecule has 150 valence electrons. The lowest BCUT2D eigenvalue weighted by atomic mass is 10.1. The van der Waals surface area contributed by atoms with Crippen molar-refractivity contribution in [2.45, 2.75) is 13.8 Å². The van der Waals surface area contributed by atoms with Gasteiger partial charge in [-0.15, -0.1) is 0 Å². The molecule has 0 fully saturated rings. The SMILES string of the molecule is CC1=NN(c2ccc(C)cc2)C(=O)/C1=C\c1ccc(-c2cc([N+](=O)[O-])ccc2Br)o1. The summed E-state index contributed by atoms with van der Waals surface area (Å²) in [6.45, 7) is 3.74. The first-order valence-electron chi connectivity index (χ1n) is 9.06. The van der Waals surface area contributed by atoms with Gasteiger partial charge in [-0.1, -0.05) is 33.6 Å². The van der Waals surface area contributed by atoms with E-state index in [-0.39, 0.29) is 11.6 Å². The minimum absolute atomic E-state index is 0.0350. The Balaban J connectivity index is 1.64. The smallest absolute Gasteiger partial charge is 0.280 e. The molecule has 1 aromatic heterocycles. The first-order valence-corrected chi connectivity index (χ1v) is 9.85. The van der Waals surface area contributed by atoms with Crippen molar-refractivity contribution in [1.82, 2.24) is 0 Å². The second kappa shape index (κ2) is 7.72. The van der Waals surface area contributed by atoms with E-state index in [4.69, 9.17) is 4.42 Å². The number of nitro benzene ring substituents is 1. The quantitative estimate of drug-likeness (QED) is 0.279. The Hall–Kier alpha value is -3.52. The van der Waals surface area contributed by atoms with Crippen molar-refractivity contribution in [3.05, 3.63) is 86.1 Å². The van der Waals surface area contributed by atoms with Gasteiger partial charge in [-0.2, -0.15) is 10.1 Å². The zero-order valence-corrected chi connectivity index (χ0v) is 17.7. The van der Waals surface area contributed by atoms with Gasteiger partial charge in [0, 0.05) is 22.2 Å². The third-order valence-electron chi connectivity index (χ3n) is 4.68. The summed E-state index contributed by atoms with van der Waals surface area (Å²) in [7, 11) is 0. The van der Waals surface area contributed by atoms with Gasteiger partial charge in [0.05, 0.1) is 21.9 Å². The average molecular weight is 466 g/mol. The summed E-state index contributed by atoms with van der Waals surface area (Å²) < 4.78 is 6.51. The molecule has 2 aromatic carbocycles. The van der Waals surface area contributed by atoms with E-state index in [2.05, 4.69) is 21.0 Å². The molecule has 0 radical (unpaired) electrons. The number of furan rings is 1. The summed E-state index contributed by atoms with van der Waals surface area (Å²) in [5, 5.41) is 16.8. The Labute approximate surface area is 180 Å². The number of nitro groups is 1. The number of carbonyl (C=O) groups excluding carboxylic acids is 1.